The molecular formula is C14H14N4O2. The van der Waals surface area contributed by atoms with Crippen molar-refractivity contribution in [2.24, 2.45) is 7.05 Å². The highest BCUT2D eigenvalue weighted by atomic mass is 16.4. The Morgan fingerprint density at radius 3 is 2.85 bits per heavy atom. The highest BCUT2D eigenvalue weighted by Crippen LogP contribution is 2.25. The molecule has 2 aromatic rings. The largest absolute Gasteiger partial charge is 0.476 e. The lowest BCUT2D eigenvalue weighted by Gasteiger charge is -1.99. The van der Waals surface area contributed by atoms with E-state index in [1.54, 1.807) is 0 Å². The molecule has 0 bridgehead atoms. The summed E-state index contributed by atoms with van der Waals surface area (Å²) in [6.07, 6.45) is 9.77. The standard InChI is InChI=1S/C14H14N4O2/c1-18-13(10-3-2-4-11(10)17-18)6-5-9-7-16-12(8-15-9)14(19)20/h5-8H,2-4H2,1H3,(H,19,20)/b6-5+. The Kier molecular flexibility index (Phi) is 3.06. The minimum Gasteiger partial charge on any atom is -0.476 e. The van der Waals surface area contributed by atoms with Crippen molar-refractivity contribution in [3.63, 3.8) is 0 Å². The lowest BCUT2D eigenvalue weighted by Crippen LogP contribution is -2.01. The summed E-state index contributed by atoms with van der Waals surface area (Å²) >= 11 is 0. The van der Waals surface area contributed by atoms with Crippen LogP contribution >= 0.6 is 0 Å². The topological polar surface area (TPSA) is 80.9 Å². The maximum Gasteiger partial charge on any atom is 0.356 e. The van der Waals surface area contributed by atoms with Gasteiger partial charge in [-0.1, -0.05) is 0 Å². The van der Waals surface area contributed by atoms with Crippen LogP contribution in [0.25, 0.3) is 12.2 Å². The number of hydrogen-bond acceptors (Lipinski definition) is 4. The summed E-state index contributed by atoms with van der Waals surface area (Å²) in [6, 6.07) is 0. The average Bonchev–Trinajstić information content (AvgIpc) is 2.98. The number of carbonyl (C=O) groups is 1. The van der Waals surface area contributed by atoms with Gasteiger partial charge >= 0.3 is 5.97 Å². The van der Waals surface area contributed by atoms with Gasteiger partial charge in [-0.3, -0.25) is 9.67 Å². The van der Waals surface area contributed by atoms with Crippen molar-refractivity contribution in [3.05, 3.63) is 40.7 Å². The van der Waals surface area contributed by atoms with Gasteiger partial charge in [-0.05, 0) is 31.4 Å². The first-order valence-electron chi connectivity index (χ1n) is 6.43. The molecule has 0 aromatic carbocycles. The quantitative estimate of drug-likeness (QED) is 0.915. The fourth-order valence-electron chi connectivity index (χ4n) is 2.45. The first kappa shape index (κ1) is 12.5. The maximum absolute atomic E-state index is 10.7. The first-order valence-corrected chi connectivity index (χ1v) is 6.43. The van der Waals surface area contributed by atoms with E-state index in [-0.39, 0.29) is 5.69 Å². The highest BCUT2D eigenvalue weighted by molar-refractivity contribution is 5.85. The molecule has 1 N–H and O–H groups in total. The molecule has 0 radical (unpaired) electrons. The second-order valence-electron chi connectivity index (χ2n) is 4.75. The fraction of sp³-hybridized carbons (Fsp3) is 0.286. The van der Waals surface area contributed by atoms with Crippen LogP contribution in [0.3, 0.4) is 0 Å². The van der Waals surface area contributed by atoms with Crippen LogP contribution in [0.2, 0.25) is 0 Å². The molecule has 0 saturated heterocycles. The number of rotatable bonds is 3. The molecule has 102 valence electrons. The van der Waals surface area contributed by atoms with E-state index >= 15 is 0 Å². The monoisotopic (exact) mass is 270 g/mol. The predicted molar refractivity (Wildman–Crippen MR) is 73.2 cm³/mol. The number of fused-ring (bicyclic) bond motifs is 1. The lowest BCUT2D eigenvalue weighted by atomic mass is 10.2. The van der Waals surface area contributed by atoms with Crippen LogP contribution in [0.4, 0.5) is 0 Å². The fourth-order valence-corrected chi connectivity index (χ4v) is 2.45. The van der Waals surface area contributed by atoms with Crippen LogP contribution in [0, 0.1) is 0 Å². The zero-order valence-corrected chi connectivity index (χ0v) is 11.1. The summed E-state index contributed by atoms with van der Waals surface area (Å²) in [5.41, 5.74) is 4.14. The minimum absolute atomic E-state index is 0.0522. The predicted octanol–water partition coefficient (Wildman–Crippen LogP) is 1.57. The van der Waals surface area contributed by atoms with Gasteiger partial charge < -0.3 is 5.11 Å². The Morgan fingerprint density at radius 2 is 2.15 bits per heavy atom. The Labute approximate surface area is 115 Å². The van der Waals surface area contributed by atoms with E-state index in [0.29, 0.717) is 5.69 Å². The normalized spacial score (nSPS) is 13.8. The van der Waals surface area contributed by atoms with Gasteiger partial charge in [-0.25, -0.2) is 9.78 Å². The smallest absolute Gasteiger partial charge is 0.356 e. The van der Waals surface area contributed by atoms with Gasteiger partial charge in [0, 0.05) is 12.6 Å². The molecule has 6 nitrogen and oxygen atoms in total. The average molecular weight is 270 g/mol. The van der Waals surface area contributed by atoms with Crippen molar-refractivity contribution in [2.75, 3.05) is 0 Å². The Balaban J connectivity index is 1.85. The molecule has 2 heterocycles. The van der Waals surface area contributed by atoms with Gasteiger partial charge in [0.2, 0.25) is 0 Å². The second kappa shape index (κ2) is 4.88. The molecule has 0 amide bonds. The molecular weight excluding hydrogens is 256 g/mol. The van der Waals surface area contributed by atoms with Crippen LogP contribution in [0.5, 0.6) is 0 Å². The van der Waals surface area contributed by atoms with Crippen LogP contribution in [0.1, 0.15) is 39.6 Å². The minimum atomic E-state index is -1.07. The summed E-state index contributed by atoms with van der Waals surface area (Å²) in [7, 11) is 1.93. The number of carboxylic acids is 1. The summed E-state index contributed by atoms with van der Waals surface area (Å²) in [6.45, 7) is 0. The lowest BCUT2D eigenvalue weighted by molar-refractivity contribution is 0.0690. The second-order valence-corrected chi connectivity index (χ2v) is 4.75. The van der Waals surface area contributed by atoms with Gasteiger partial charge in [0.25, 0.3) is 0 Å². The molecule has 6 heteroatoms. The van der Waals surface area contributed by atoms with Crippen molar-refractivity contribution >= 4 is 18.1 Å². The summed E-state index contributed by atoms with van der Waals surface area (Å²) < 4.78 is 1.87. The molecule has 2 aromatic heterocycles. The zero-order chi connectivity index (χ0) is 14.1. The number of carboxylic acid groups (broad SMARTS) is 1. The summed E-state index contributed by atoms with van der Waals surface area (Å²) in [5, 5.41) is 13.3. The third-order valence-corrected chi connectivity index (χ3v) is 3.42. The van der Waals surface area contributed by atoms with E-state index < -0.39 is 5.97 Å². The van der Waals surface area contributed by atoms with Crippen LogP contribution < -0.4 is 0 Å². The molecule has 0 aliphatic heterocycles. The van der Waals surface area contributed by atoms with Crippen molar-refractivity contribution in [3.8, 4) is 0 Å². The molecule has 0 spiro atoms. The number of aryl methyl sites for hydroxylation is 2. The maximum atomic E-state index is 10.7. The Morgan fingerprint density at radius 1 is 1.30 bits per heavy atom. The van der Waals surface area contributed by atoms with Crippen LogP contribution in [-0.4, -0.2) is 30.8 Å². The molecule has 0 fully saturated rings. The van der Waals surface area contributed by atoms with Crippen molar-refractivity contribution in [1.82, 2.24) is 19.7 Å². The van der Waals surface area contributed by atoms with Gasteiger partial charge in [-0.15, -0.1) is 0 Å². The van der Waals surface area contributed by atoms with Crippen LogP contribution in [0.15, 0.2) is 12.4 Å². The van der Waals surface area contributed by atoms with E-state index in [2.05, 4.69) is 15.1 Å². The van der Waals surface area contributed by atoms with Gasteiger partial charge in [0.15, 0.2) is 5.69 Å². The van der Waals surface area contributed by atoms with Crippen molar-refractivity contribution in [1.29, 1.82) is 0 Å². The van der Waals surface area contributed by atoms with E-state index in [4.69, 9.17) is 5.11 Å². The third kappa shape index (κ3) is 2.20. The van der Waals surface area contributed by atoms with Crippen molar-refractivity contribution in [2.45, 2.75) is 19.3 Å². The number of aromatic carboxylic acids is 1. The first-order chi connectivity index (χ1) is 9.65. The number of hydrogen-bond donors (Lipinski definition) is 1. The van der Waals surface area contributed by atoms with E-state index in [9.17, 15) is 4.79 Å². The van der Waals surface area contributed by atoms with Gasteiger partial charge in [-0.2, -0.15) is 5.10 Å². The number of nitrogens with zero attached hydrogens (tertiary/aromatic N) is 4. The molecule has 0 atom stereocenters. The molecule has 20 heavy (non-hydrogen) atoms. The summed E-state index contributed by atoms with van der Waals surface area (Å²) in [4.78, 5) is 18.6. The van der Waals surface area contributed by atoms with E-state index in [0.717, 1.165) is 25.0 Å². The van der Waals surface area contributed by atoms with Gasteiger partial charge in [0.05, 0.1) is 29.5 Å². The molecule has 0 unspecified atom stereocenters. The Hall–Kier alpha value is -2.50. The summed E-state index contributed by atoms with van der Waals surface area (Å²) in [5.74, 6) is -1.07. The molecule has 1 aliphatic rings. The van der Waals surface area contributed by atoms with Crippen LogP contribution in [-0.2, 0) is 19.9 Å². The molecule has 1 aliphatic carbocycles. The number of aromatic nitrogens is 4. The third-order valence-electron chi connectivity index (χ3n) is 3.42. The SMILES string of the molecule is Cn1nc2c(c1/C=C/c1cnc(C(=O)O)cn1)CCC2. The molecule has 3 rings (SSSR count). The Bertz CT molecular complexity index is 686. The molecule has 0 saturated carbocycles. The van der Waals surface area contributed by atoms with E-state index in [1.807, 2.05) is 23.9 Å². The van der Waals surface area contributed by atoms with E-state index in [1.165, 1.54) is 23.7 Å². The van der Waals surface area contributed by atoms with Gasteiger partial charge in [0.1, 0.15) is 0 Å². The highest BCUT2D eigenvalue weighted by Gasteiger charge is 2.18. The van der Waals surface area contributed by atoms with Crippen molar-refractivity contribution < 1.29 is 9.90 Å². The zero-order valence-electron chi connectivity index (χ0n) is 11.1.